The number of carbonyl (C=O) groups excluding carboxylic acids is 1. The summed E-state index contributed by atoms with van der Waals surface area (Å²) in [5, 5.41) is 0. The number of anilines is 3. The Bertz CT molecular complexity index is 678. The van der Waals surface area contributed by atoms with Crippen molar-refractivity contribution >= 4 is 23.0 Å². The molecule has 0 saturated carbocycles. The minimum absolute atomic E-state index is 0.111. The summed E-state index contributed by atoms with van der Waals surface area (Å²) in [6.07, 6.45) is 0. The van der Waals surface area contributed by atoms with Gasteiger partial charge in [-0.1, -0.05) is 24.3 Å². The van der Waals surface area contributed by atoms with Crippen molar-refractivity contribution in [3.63, 3.8) is 0 Å². The highest BCUT2D eigenvalue weighted by molar-refractivity contribution is 6.09. The van der Waals surface area contributed by atoms with Crippen LogP contribution in [-0.2, 0) is 4.79 Å². The average Bonchev–Trinajstić information content (AvgIpc) is 2.43. The average molecular weight is 266 g/mol. The maximum absolute atomic E-state index is 12.5. The third-order valence-corrected chi connectivity index (χ3v) is 3.97. The largest absolute Gasteiger partial charge is 0.364 e. The first kappa shape index (κ1) is 12.7. The number of hydrogen-bond acceptors (Lipinski definition) is 2. The van der Waals surface area contributed by atoms with Gasteiger partial charge in [-0.2, -0.15) is 0 Å². The number of para-hydroxylation sites is 2. The summed E-state index contributed by atoms with van der Waals surface area (Å²) in [6.45, 7) is 4.55. The van der Waals surface area contributed by atoms with E-state index in [1.165, 1.54) is 5.56 Å². The molecule has 0 unspecified atom stereocenters. The van der Waals surface area contributed by atoms with Gasteiger partial charge in [0.15, 0.2) is 0 Å². The molecule has 0 aromatic heterocycles. The van der Waals surface area contributed by atoms with E-state index in [2.05, 4.69) is 26.0 Å². The van der Waals surface area contributed by atoms with Gasteiger partial charge in [-0.05, 0) is 43.2 Å². The number of nitrogens with zero attached hydrogens (tertiary/aromatic N) is 2. The van der Waals surface area contributed by atoms with Crippen LogP contribution in [0.25, 0.3) is 0 Å². The second-order valence-electron chi connectivity index (χ2n) is 5.29. The summed E-state index contributed by atoms with van der Waals surface area (Å²) in [6, 6.07) is 14.1. The van der Waals surface area contributed by atoms with Gasteiger partial charge in [-0.3, -0.25) is 9.69 Å². The predicted octanol–water partition coefficient (Wildman–Crippen LogP) is 3.42. The molecule has 0 spiro atoms. The molecule has 1 amide bonds. The highest BCUT2D eigenvalue weighted by Gasteiger charge is 2.29. The second-order valence-corrected chi connectivity index (χ2v) is 5.29. The van der Waals surface area contributed by atoms with Crippen molar-refractivity contribution in [2.24, 2.45) is 0 Å². The molecule has 0 radical (unpaired) electrons. The first-order chi connectivity index (χ1) is 9.59. The smallest absolute Gasteiger partial charge is 0.251 e. The Kier molecular flexibility index (Phi) is 2.97. The van der Waals surface area contributed by atoms with Crippen LogP contribution in [0, 0.1) is 13.8 Å². The zero-order valence-corrected chi connectivity index (χ0v) is 12.1. The van der Waals surface area contributed by atoms with E-state index >= 15 is 0 Å². The molecular weight excluding hydrogens is 248 g/mol. The Morgan fingerprint density at radius 3 is 2.30 bits per heavy atom. The lowest BCUT2D eigenvalue weighted by Crippen LogP contribution is -2.41. The SMILES string of the molecule is Cc1cccc(N2C(=O)CN(C)c3ccccc32)c1C. The van der Waals surface area contributed by atoms with E-state index in [9.17, 15) is 4.79 Å². The molecule has 0 saturated heterocycles. The van der Waals surface area contributed by atoms with Crippen molar-refractivity contribution in [1.82, 2.24) is 0 Å². The van der Waals surface area contributed by atoms with Crippen LogP contribution in [0.2, 0.25) is 0 Å². The number of amides is 1. The third kappa shape index (κ3) is 1.86. The molecular formula is C17H18N2O. The van der Waals surface area contributed by atoms with E-state index in [1.54, 1.807) is 0 Å². The van der Waals surface area contributed by atoms with Crippen LogP contribution in [0.15, 0.2) is 42.5 Å². The molecule has 0 N–H and O–H groups in total. The number of fused-ring (bicyclic) bond motifs is 1. The molecule has 20 heavy (non-hydrogen) atoms. The highest BCUT2D eigenvalue weighted by atomic mass is 16.2. The van der Waals surface area contributed by atoms with Crippen molar-refractivity contribution in [2.75, 3.05) is 23.4 Å². The van der Waals surface area contributed by atoms with Gasteiger partial charge < -0.3 is 4.90 Å². The van der Waals surface area contributed by atoms with Gasteiger partial charge in [0.25, 0.3) is 5.91 Å². The van der Waals surface area contributed by atoms with Crippen LogP contribution in [0.5, 0.6) is 0 Å². The molecule has 3 rings (SSSR count). The van der Waals surface area contributed by atoms with E-state index in [-0.39, 0.29) is 5.91 Å². The van der Waals surface area contributed by atoms with Crippen molar-refractivity contribution in [1.29, 1.82) is 0 Å². The Balaban J connectivity index is 2.20. The lowest BCUT2D eigenvalue weighted by Gasteiger charge is -2.36. The van der Waals surface area contributed by atoms with E-state index in [4.69, 9.17) is 0 Å². The number of benzene rings is 2. The van der Waals surface area contributed by atoms with Crippen LogP contribution in [0.3, 0.4) is 0 Å². The monoisotopic (exact) mass is 266 g/mol. The van der Waals surface area contributed by atoms with Gasteiger partial charge in [0.05, 0.1) is 23.6 Å². The Morgan fingerprint density at radius 2 is 1.55 bits per heavy atom. The fraction of sp³-hybridized carbons (Fsp3) is 0.235. The third-order valence-electron chi connectivity index (χ3n) is 3.97. The second kappa shape index (κ2) is 4.67. The minimum Gasteiger partial charge on any atom is -0.364 e. The van der Waals surface area contributed by atoms with E-state index in [1.807, 2.05) is 47.2 Å². The van der Waals surface area contributed by atoms with Crippen molar-refractivity contribution in [3.8, 4) is 0 Å². The van der Waals surface area contributed by atoms with Crippen LogP contribution < -0.4 is 9.80 Å². The number of aryl methyl sites for hydroxylation is 1. The fourth-order valence-electron chi connectivity index (χ4n) is 2.71. The van der Waals surface area contributed by atoms with E-state index < -0.39 is 0 Å². The lowest BCUT2D eigenvalue weighted by molar-refractivity contribution is -0.116. The fourth-order valence-corrected chi connectivity index (χ4v) is 2.71. The molecule has 3 nitrogen and oxygen atoms in total. The van der Waals surface area contributed by atoms with Gasteiger partial charge in [0, 0.05) is 7.05 Å². The molecule has 2 aromatic rings. The van der Waals surface area contributed by atoms with Gasteiger partial charge in [-0.25, -0.2) is 0 Å². The van der Waals surface area contributed by atoms with Crippen molar-refractivity contribution in [2.45, 2.75) is 13.8 Å². The van der Waals surface area contributed by atoms with Crippen LogP contribution in [0.1, 0.15) is 11.1 Å². The summed E-state index contributed by atoms with van der Waals surface area (Å²) >= 11 is 0. The van der Waals surface area contributed by atoms with E-state index in [0.717, 1.165) is 22.6 Å². The first-order valence-electron chi connectivity index (χ1n) is 6.79. The molecule has 3 heteroatoms. The summed E-state index contributed by atoms with van der Waals surface area (Å²) < 4.78 is 0. The summed E-state index contributed by atoms with van der Waals surface area (Å²) in [4.78, 5) is 16.4. The quantitative estimate of drug-likeness (QED) is 0.789. The molecule has 1 aliphatic rings. The normalized spacial score (nSPS) is 14.4. The maximum atomic E-state index is 12.5. The van der Waals surface area contributed by atoms with Crippen molar-refractivity contribution < 1.29 is 4.79 Å². The van der Waals surface area contributed by atoms with Gasteiger partial charge in [0.1, 0.15) is 0 Å². The topological polar surface area (TPSA) is 23.6 Å². The number of rotatable bonds is 1. The highest BCUT2D eigenvalue weighted by Crippen LogP contribution is 2.39. The van der Waals surface area contributed by atoms with Crippen LogP contribution in [-0.4, -0.2) is 19.5 Å². The summed E-state index contributed by atoms with van der Waals surface area (Å²) in [5.74, 6) is 0.111. The number of carbonyl (C=O) groups is 1. The standard InChI is InChI=1S/C17H18N2O/c1-12-7-6-10-14(13(12)2)19-16-9-5-4-8-15(16)18(3)11-17(19)20/h4-10H,11H2,1-3H3. The Hall–Kier alpha value is -2.29. The molecule has 1 heterocycles. The Morgan fingerprint density at radius 1 is 0.900 bits per heavy atom. The maximum Gasteiger partial charge on any atom is 0.251 e. The molecule has 1 aliphatic heterocycles. The van der Waals surface area contributed by atoms with Gasteiger partial charge in [0.2, 0.25) is 0 Å². The number of likely N-dealkylation sites (N-methyl/N-ethyl adjacent to an activating group) is 1. The van der Waals surface area contributed by atoms with Crippen LogP contribution in [0.4, 0.5) is 17.1 Å². The molecule has 0 atom stereocenters. The van der Waals surface area contributed by atoms with Gasteiger partial charge >= 0.3 is 0 Å². The van der Waals surface area contributed by atoms with E-state index in [0.29, 0.717) is 6.54 Å². The first-order valence-corrected chi connectivity index (χ1v) is 6.79. The molecule has 0 fully saturated rings. The zero-order chi connectivity index (χ0) is 14.3. The molecule has 2 aromatic carbocycles. The predicted molar refractivity (Wildman–Crippen MR) is 82.8 cm³/mol. The summed E-state index contributed by atoms with van der Waals surface area (Å²) in [7, 11) is 1.96. The lowest BCUT2D eigenvalue weighted by atomic mass is 10.0. The molecule has 0 aliphatic carbocycles. The van der Waals surface area contributed by atoms with Gasteiger partial charge in [-0.15, -0.1) is 0 Å². The Labute approximate surface area is 119 Å². The molecule has 102 valence electrons. The number of hydrogen-bond donors (Lipinski definition) is 0. The summed E-state index contributed by atoms with van der Waals surface area (Å²) in [5.41, 5.74) is 5.38. The molecule has 0 bridgehead atoms. The zero-order valence-electron chi connectivity index (χ0n) is 12.1. The minimum atomic E-state index is 0.111. The van der Waals surface area contributed by atoms with Crippen molar-refractivity contribution in [3.05, 3.63) is 53.6 Å². The van der Waals surface area contributed by atoms with Crippen LogP contribution >= 0.6 is 0 Å².